The molecule has 26 heavy (non-hydrogen) atoms. The first-order valence-corrected chi connectivity index (χ1v) is 9.96. The van der Waals surface area contributed by atoms with Crippen LogP contribution in [0.15, 0.2) is 0 Å². The quantitative estimate of drug-likeness (QED) is 0.256. The Hall–Kier alpha value is -1.22. The maximum Gasteiger partial charge on any atom is 0.223 e. The third kappa shape index (κ3) is 12.2. The second-order valence-electron chi connectivity index (χ2n) is 6.54. The zero-order chi connectivity index (χ0) is 19.6. The van der Waals surface area contributed by atoms with Crippen molar-refractivity contribution in [1.82, 2.24) is 9.80 Å². The Labute approximate surface area is 158 Å². The van der Waals surface area contributed by atoms with Crippen molar-refractivity contribution in [1.29, 1.82) is 0 Å². The Bertz CT molecular complexity index is 334. The summed E-state index contributed by atoms with van der Waals surface area (Å²) in [6, 6.07) is 0. The molecule has 8 heteroatoms. The van der Waals surface area contributed by atoms with Crippen LogP contribution in [0, 0.1) is 0 Å². The van der Waals surface area contributed by atoms with Crippen molar-refractivity contribution >= 4 is 11.8 Å². The zero-order valence-corrected chi connectivity index (χ0v) is 16.3. The fourth-order valence-corrected chi connectivity index (χ4v) is 2.71. The summed E-state index contributed by atoms with van der Waals surface area (Å²) in [5.74, 6) is 0.0362. The van der Waals surface area contributed by atoms with Gasteiger partial charge in [0.15, 0.2) is 0 Å². The van der Waals surface area contributed by atoms with Crippen LogP contribution in [-0.2, 0) is 9.59 Å². The fourth-order valence-electron chi connectivity index (χ4n) is 2.71. The van der Waals surface area contributed by atoms with Crippen molar-refractivity contribution in [2.24, 2.45) is 22.9 Å². The van der Waals surface area contributed by atoms with Gasteiger partial charge in [-0.05, 0) is 64.7 Å². The lowest BCUT2D eigenvalue weighted by atomic mass is 10.2. The maximum atomic E-state index is 12.5. The lowest BCUT2D eigenvalue weighted by Gasteiger charge is -2.25. The van der Waals surface area contributed by atoms with Gasteiger partial charge in [-0.3, -0.25) is 9.59 Å². The van der Waals surface area contributed by atoms with Crippen LogP contribution in [0.25, 0.3) is 0 Å². The third-order valence-corrected chi connectivity index (χ3v) is 4.29. The highest BCUT2D eigenvalue weighted by Gasteiger charge is 2.18. The average Bonchev–Trinajstić information content (AvgIpc) is 2.65. The van der Waals surface area contributed by atoms with E-state index in [0.717, 1.165) is 38.5 Å². The Morgan fingerprint density at radius 3 is 1.12 bits per heavy atom. The van der Waals surface area contributed by atoms with Crippen molar-refractivity contribution in [3.63, 3.8) is 0 Å². The molecule has 0 aliphatic heterocycles. The zero-order valence-electron chi connectivity index (χ0n) is 16.3. The van der Waals surface area contributed by atoms with Crippen LogP contribution in [0.5, 0.6) is 0 Å². The van der Waals surface area contributed by atoms with Gasteiger partial charge in [0.1, 0.15) is 0 Å². The van der Waals surface area contributed by atoms with Crippen LogP contribution >= 0.6 is 0 Å². The van der Waals surface area contributed by atoms with Crippen LogP contribution in [0.2, 0.25) is 0 Å². The van der Waals surface area contributed by atoms with Crippen molar-refractivity contribution in [3.8, 4) is 0 Å². The number of hydrogen-bond acceptors (Lipinski definition) is 6. The molecule has 0 spiro atoms. The van der Waals surface area contributed by atoms with E-state index < -0.39 is 0 Å². The third-order valence-electron chi connectivity index (χ3n) is 4.29. The van der Waals surface area contributed by atoms with Gasteiger partial charge in [0.05, 0.1) is 0 Å². The highest BCUT2D eigenvalue weighted by Crippen LogP contribution is 2.06. The molecule has 0 aromatic carbocycles. The molecule has 0 atom stereocenters. The Morgan fingerprint density at radius 1 is 0.500 bits per heavy atom. The minimum absolute atomic E-state index is 0.0181. The molecular formula is C18H40N6O2. The molecule has 0 rings (SSSR count). The lowest BCUT2D eigenvalue weighted by molar-refractivity contribution is -0.137. The van der Waals surface area contributed by atoms with E-state index in [1.807, 2.05) is 9.80 Å². The van der Waals surface area contributed by atoms with Gasteiger partial charge >= 0.3 is 0 Å². The molecule has 0 saturated carbocycles. The molecule has 2 amide bonds. The van der Waals surface area contributed by atoms with Crippen molar-refractivity contribution in [2.75, 3.05) is 52.4 Å². The first kappa shape index (κ1) is 24.8. The van der Waals surface area contributed by atoms with Gasteiger partial charge in [0, 0.05) is 39.0 Å². The average molecular weight is 373 g/mol. The predicted octanol–water partition coefficient (Wildman–Crippen LogP) is -0.401. The standard InChI is InChI=1S/C18H40N6O2/c19-9-1-3-13-23(15-5-11-21)17(25)7-8-18(26)24(16-6-12-22)14-4-2-10-20/h1-16,19-22H2. The largest absolute Gasteiger partial charge is 0.343 e. The molecule has 154 valence electrons. The maximum absolute atomic E-state index is 12.5. The topological polar surface area (TPSA) is 145 Å². The number of carbonyl (C=O) groups is 2. The molecule has 8 N–H and O–H groups in total. The van der Waals surface area contributed by atoms with E-state index in [0.29, 0.717) is 52.4 Å². The van der Waals surface area contributed by atoms with Crippen LogP contribution in [-0.4, -0.2) is 74.0 Å². The molecule has 0 aliphatic rings. The number of rotatable bonds is 17. The summed E-state index contributed by atoms with van der Waals surface area (Å²) >= 11 is 0. The predicted molar refractivity (Wildman–Crippen MR) is 106 cm³/mol. The summed E-state index contributed by atoms with van der Waals surface area (Å²) in [6.07, 6.45) is 5.54. The molecular weight excluding hydrogens is 332 g/mol. The molecule has 0 bridgehead atoms. The van der Waals surface area contributed by atoms with Gasteiger partial charge < -0.3 is 32.7 Å². The van der Waals surface area contributed by atoms with Crippen LogP contribution in [0.3, 0.4) is 0 Å². The Morgan fingerprint density at radius 2 is 0.808 bits per heavy atom. The Kier molecular flexibility index (Phi) is 16.4. The summed E-state index contributed by atoms with van der Waals surface area (Å²) in [4.78, 5) is 28.6. The second kappa shape index (κ2) is 17.2. The number of amides is 2. The number of nitrogens with two attached hydrogens (primary N) is 4. The molecule has 0 aromatic heterocycles. The SMILES string of the molecule is NCCCCN(CCCN)C(=O)CCC(=O)N(CCCN)CCCCN. The monoisotopic (exact) mass is 372 g/mol. The van der Waals surface area contributed by atoms with E-state index in [9.17, 15) is 9.59 Å². The molecule has 0 fully saturated rings. The van der Waals surface area contributed by atoms with E-state index >= 15 is 0 Å². The van der Waals surface area contributed by atoms with Gasteiger partial charge in [-0.15, -0.1) is 0 Å². The lowest BCUT2D eigenvalue weighted by Crippen LogP contribution is -2.37. The summed E-state index contributed by atoms with van der Waals surface area (Å²) in [7, 11) is 0. The number of hydrogen-bond donors (Lipinski definition) is 4. The van der Waals surface area contributed by atoms with E-state index in [-0.39, 0.29) is 24.7 Å². The van der Waals surface area contributed by atoms with Gasteiger partial charge in [-0.2, -0.15) is 0 Å². The van der Waals surface area contributed by atoms with Crippen LogP contribution < -0.4 is 22.9 Å². The van der Waals surface area contributed by atoms with Crippen molar-refractivity contribution in [3.05, 3.63) is 0 Å². The molecule has 0 radical (unpaired) electrons. The molecule has 0 aliphatic carbocycles. The highest BCUT2D eigenvalue weighted by molar-refractivity contribution is 5.83. The number of nitrogens with zero attached hydrogens (tertiary/aromatic N) is 2. The fraction of sp³-hybridized carbons (Fsp3) is 0.889. The molecule has 0 heterocycles. The smallest absolute Gasteiger partial charge is 0.223 e. The van der Waals surface area contributed by atoms with Gasteiger partial charge in [-0.1, -0.05) is 0 Å². The van der Waals surface area contributed by atoms with Crippen molar-refractivity contribution < 1.29 is 9.59 Å². The van der Waals surface area contributed by atoms with Crippen molar-refractivity contribution in [2.45, 2.75) is 51.4 Å². The first-order valence-electron chi connectivity index (χ1n) is 9.96. The van der Waals surface area contributed by atoms with Crippen LogP contribution in [0.4, 0.5) is 0 Å². The van der Waals surface area contributed by atoms with Gasteiger partial charge in [0.25, 0.3) is 0 Å². The second-order valence-corrected chi connectivity index (χ2v) is 6.54. The Balaban J connectivity index is 4.48. The van der Waals surface area contributed by atoms with E-state index in [1.165, 1.54) is 0 Å². The van der Waals surface area contributed by atoms with E-state index in [2.05, 4.69) is 0 Å². The summed E-state index contributed by atoms with van der Waals surface area (Å²) in [5, 5.41) is 0. The van der Waals surface area contributed by atoms with Gasteiger partial charge in [-0.25, -0.2) is 0 Å². The highest BCUT2D eigenvalue weighted by atomic mass is 16.2. The number of unbranched alkanes of at least 4 members (excludes halogenated alkanes) is 2. The minimum Gasteiger partial charge on any atom is -0.343 e. The minimum atomic E-state index is 0.0181. The normalized spacial score (nSPS) is 10.8. The first-order chi connectivity index (χ1) is 12.6. The molecule has 0 unspecified atom stereocenters. The van der Waals surface area contributed by atoms with E-state index in [1.54, 1.807) is 0 Å². The molecule has 0 saturated heterocycles. The molecule has 8 nitrogen and oxygen atoms in total. The van der Waals surface area contributed by atoms with Gasteiger partial charge in [0.2, 0.25) is 11.8 Å². The van der Waals surface area contributed by atoms with E-state index in [4.69, 9.17) is 22.9 Å². The van der Waals surface area contributed by atoms with Crippen LogP contribution in [0.1, 0.15) is 51.4 Å². The number of carbonyl (C=O) groups excluding carboxylic acids is 2. The summed E-state index contributed by atoms with van der Waals surface area (Å²) < 4.78 is 0. The molecule has 0 aromatic rings. The summed E-state index contributed by atoms with van der Waals surface area (Å²) in [5.41, 5.74) is 22.2. The summed E-state index contributed by atoms with van der Waals surface area (Å²) in [6.45, 7) is 4.98.